The summed E-state index contributed by atoms with van der Waals surface area (Å²) in [5, 5.41) is 14.2. The van der Waals surface area contributed by atoms with Crippen molar-refractivity contribution in [2.45, 2.75) is 46.1 Å². The molecule has 0 saturated carbocycles. The molecule has 1 N–H and O–H groups in total. The normalized spacial score (nSPS) is 12.3. The monoisotopic (exact) mass is 342 g/mol. The molecule has 0 radical (unpaired) electrons. The smallest absolute Gasteiger partial charge is 0.270 e. The lowest BCUT2D eigenvalue weighted by Crippen LogP contribution is -2.22. The summed E-state index contributed by atoms with van der Waals surface area (Å²) >= 11 is 3.32. The molecule has 0 saturated heterocycles. The summed E-state index contributed by atoms with van der Waals surface area (Å²) in [7, 11) is 0. The minimum atomic E-state index is -0.357. The number of hydrogen-bond donors (Lipinski definition) is 1. The lowest BCUT2D eigenvalue weighted by Gasteiger charge is -2.15. The van der Waals surface area contributed by atoms with Gasteiger partial charge < -0.3 is 5.32 Å². The Hall–Kier alpha value is -0.940. The maximum atomic E-state index is 10.8. The highest BCUT2D eigenvalue weighted by Crippen LogP contribution is 2.21. The lowest BCUT2D eigenvalue weighted by molar-refractivity contribution is -0.385. The van der Waals surface area contributed by atoms with Crippen LogP contribution < -0.4 is 5.32 Å². The van der Waals surface area contributed by atoms with Gasteiger partial charge in [-0.1, -0.05) is 49.0 Å². The van der Waals surface area contributed by atoms with Gasteiger partial charge in [0, 0.05) is 23.2 Å². The highest BCUT2D eigenvalue weighted by atomic mass is 79.9. The van der Waals surface area contributed by atoms with E-state index < -0.39 is 0 Å². The SMILES string of the molecule is CCCCC(CC)CNCc1cc(Br)cc([N+](=O)[O-])c1. The number of nitrogens with one attached hydrogen (secondary N) is 1. The molecule has 1 rings (SSSR count). The molecular weight excluding hydrogens is 320 g/mol. The van der Waals surface area contributed by atoms with E-state index in [1.807, 2.05) is 6.07 Å². The highest BCUT2D eigenvalue weighted by Gasteiger charge is 2.09. The quantitative estimate of drug-likeness (QED) is 0.524. The minimum absolute atomic E-state index is 0.134. The zero-order chi connectivity index (χ0) is 15.0. The number of nitro benzene ring substituents is 1. The van der Waals surface area contributed by atoms with Gasteiger partial charge in [0.25, 0.3) is 5.69 Å². The van der Waals surface area contributed by atoms with E-state index in [-0.39, 0.29) is 10.6 Å². The number of nitrogens with zero attached hydrogens (tertiary/aromatic N) is 1. The average molecular weight is 343 g/mol. The Morgan fingerprint density at radius 2 is 2.10 bits per heavy atom. The van der Waals surface area contributed by atoms with Gasteiger partial charge in [0.15, 0.2) is 0 Å². The first-order chi connectivity index (χ1) is 9.56. The number of non-ortho nitro benzene ring substituents is 1. The molecule has 0 aliphatic carbocycles. The van der Waals surface area contributed by atoms with Crippen LogP contribution in [0, 0.1) is 16.0 Å². The Morgan fingerprint density at radius 3 is 2.70 bits per heavy atom. The molecule has 0 aliphatic heterocycles. The summed E-state index contributed by atoms with van der Waals surface area (Å²) in [4.78, 5) is 10.5. The first kappa shape index (κ1) is 17.1. The van der Waals surface area contributed by atoms with E-state index in [1.54, 1.807) is 6.07 Å². The zero-order valence-corrected chi connectivity index (χ0v) is 13.8. The molecule has 4 nitrogen and oxygen atoms in total. The number of rotatable bonds is 9. The molecule has 0 bridgehead atoms. The van der Waals surface area contributed by atoms with E-state index in [2.05, 4.69) is 35.1 Å². The van der Waals surface area contributed by atoms with Crippen LogP contribution >= 0.6 is 15.9 Å². The van der Waals surface area contributed by atoms with Crippen LogP contribution in [-0.4, -0.2) is 11.5 Å². The summed E-state index contributed by atoms with van der Waals surface area (Å²) in [6.07, 6.45) is 4.92. The van der Waals surface area contributed by atoms with Crippen molar-refractivity contribution in [2.24, 2.45) is 5.92 Å². The number of unbranched alkanes of at least 4 members (excludes halogenated alkanes) is 1. The fraction of sp³-hybridized carbons (Fsp3) is 0.600. The first-order valence-electron chi connectivity index (χ1n) is 7.21. The maximum absolute atomic E-state index is 10.8. The summed E-state index contributed by atoms with van der Waals surface area (Å²) in [5.41, 5.74) is 1.07. The fourth-order valence-corrected chi connectivity index (χ4v) is 2.73. The van der Waals surface area contributed by atoms with E-state index in [4.69, 9.17) is 0 Å². The summed E-state index contributed by atoms with van der Waals surface area (Å²) < 4.78 is 0.751. The highest BCUT2D eigenvalue weighted by molar-refractivity contribution is 9.10. The van der Waals surface area contributed by atoms with Crippen molar-refractivity contribution < 1.29 is 4.92 Å². The molecule has 1 unspecified atom stereocenters. The number of nitro groups is 1. The Kier molecular flexibility index (Phi) is 7.77. The molecule has 0 spiro atoms. The van der Waals surface area contributed by atoms with Crippen LogP contribution in [0.1, 0.15) is 45.1 Å². The van der Waals surface area contributed by atoms with Crippen LogP contribution in [0.25, 0.3) is 0 Å². The molecule has 0 fully saturated rings. The van der Waals surface area contributed by atoms with Crippen molar-refractivity contribution in [1.29, 1.82) is 0 Å². The molecule has 1 atom stereocenters. The maximum Gasteiger partial charge on any atom is 0.270 e. The van der Waals surface area contributed by atoms with Crippen molar-refractivity contribution in [1.82, 2.24) is 5.32 Å². The predicted molar refractivity (Wildman–Crippen MR) is 85.8 cm³/mol. The molecule has 0 aliphatic rings. The van der Waals surface area contributed by atoms with Gasteiger partial charge in [0.2, 0.25) is 0 Å². The number of benzene rings is 1. The van der Waals surface area contributed by atoms with Crippen molar-refractivity contribution in [3.05, 3.63) is 38.3 Å². The van der Waals surface area contributed by atoms with E-state index in [1.165, 1.54) is 31.7 Å². The molecule has 0 aromatic heterocycles. The number of hydrogen-bond acceptors (Lipinski definition) is 3. The van der Waals surface area contributed by atoms with Crippen molar-refractivity contribution >= 4 is 21.6 Å². The molecule has 112 valence electrons. The fourth-order valence-electron chi connectivity index (χ4n) is 2.20. The average Bonchev–Trinajstić information content (AvgIpc) is 2.42. The van der Waals surface area contributed by atoms with E-state index in [9.17, 15) is 10.1 Å². The van der Waals surface area contributed by atoms with Gasteiger partial charge >= 0.3 is 0 Å². The third kappa shape index (κ3) is 6.01. The Balaban J connectivity index is 2.50. The molecular formula is C15H23BrN2O2. The summed E-state index contributed by atoms with van der Waals surface area (Å²) in [6.45, 7) is 6.06. The standard InChI is InChI=1S/C15H23BrN2O2/c1-3-5-6-12(4-2)10-17-11-13-7-14(16)9-15(8-13)18(19)20/h7-9,12,17H,3-6,10-11H2,1-2H3. The molecule has 0 amide bonds. The van der Waals surface area contributed by atoms with Gasteiger partial charge in [0.05, 0.1) is 4.92 Å². The second-order valence-electron chi connectivity index (χ2n) is 5.12. The van der Waals surface area contributed by atoms with Gasteiger partial charge in [-0.15, -0.1) is 0 Å². The molecule has 20 heavy (non-hydrogen) atoms. The van der Waals surface area contributed by atoms with Crippen LogP contribution in [0.15, 0.2) is 22.7 Å². The van der Waals surface area contributed by atoms with E-state index in [0.717, 1.165) is 16.6 Å². The van der Waals surface area contributed by atoms with E-state index >= 15 is 0 Å². The molecule has 0 heterocycles. The van der Waals surface area contributed by atoms with Crippen molar-refractivity contribution in [3.8, 4) is 0 Å². The lowest BCUT2D eigenvalue weighted by atomic mass is 9.99. The third-order valence-corrected chi connectivity index (χ3v) is 3.92. The second-order valence-corrected chi connectivity index (χ2v) is 6.04. The predicted octanol–water partition coefficient (Wildman–Crippen LogP) is 4.66. The van der Waals surface area contributed by atoms with Gasteiger partial charge in [-0.05, 0) is 30.5 Å². The van der Waals surface area contributed by atoms with Gasteiger partial charge in [-0.25, -0.2) is 0 Å². The topological polar surface area (TPSA) is 55.2 Å². The van der Waals surface area contributed by atoms with Gasteiger partial charge in [-0.3, -0.25) is 10.1 Å². The van der Waals surface area contributed by atoms with Crippen molar-refractivity contribution in [3.63, 3.8) is 0 Å². The molecule has 5 heteroatoms. The molecule has 1 aromatic rings. The summed E-state index contributed by atoms with van der Waals surface area (Å²) in [5.74, 6) is 0.692. The minimum Gasteiger partial charge on any atom is -0.312 e. The van der Waals surface area contributed by atoms with Crippen LogP contribution in [0.5, 0.6) is 0 Å². The number of halogens is 1. The largest absolute Gasteiger partial charge is 0.312 e. The van der Waals surface area contributed by atoms with Crippen molar-refractivity contribution in [2.75, 3.05) is 6.54 Å². The van der Waals surface area contributed by atoms with Crippen LogP contribution in [0.2, 0.25) is 0 Å². The zero-order valence-electron chi connectivity index (χ0n) is 12.2. The molecule has 1 aromatic carbocycles. The van der Waals surface area contributed by atoms with Crippen LogP contribution in [0.3, 0.4) is 0 Å². The second kappa shape index (κ2) is 9.08. The Morgan fingerprint density at radius 1 is 1.35 bits per heavy atom. The van der Waals surface area contributed by atoms with Crippen LogP contribution in [0.4, 0.5) is 5.69 Å². The third-order valence-electron chi connectivity index (χ3n) is 3.46. The Labute approximate surface area is 129 Å². The summed E-state index contributed by atoms with van der Waals surface area (Å²) in [6, 6.07) is 5.08. The first-order valence-corrected chi connectivity index (χ1v) is 8.00. The van der Waals surface area contributed by atoms with Crippen LogP contribution in [-0.2, 0) is 6.54 Å². The van der Waals surface area contributed by atoms with E-state index in [0.29, 0.717) is 12.5 Å². The Bertz CT molecular complexity index is 438. The van der Waals surface area contributed by atoms with Gasteiger partial charge in [0.1, 0.15) is 0 Å². The van der Waals surface area contributed by atoms with Gasteiger partial charge in [-0.2, -0.15) is 0 Å².